The van der Waals surface area contributed by atoms with Crippen LogP contribution in [0.15, 0.2) is 41.7 Å². The number of amides is 1. The zero-order valence-electron chi connectivity index (χ0n) is 17.5. The summed E-state index contributed by atoms with van der Waals surface area (Å²) in [6.07, 6.45) is 3.19. The molecule has 9 heteroatoms. The lowest BCUT2D eigenvalue weighted by molar-refractivity contribution is 0.0943. The number of aliphatic imine (C=N–C) groups is 1. The second kappa shape index (κ2) is 10.0. The van der Waals surface area contributed by atoms with Crippen LogP contribution in [0.25, 0.3) is 0 Å². The first-order valence-corrected chi connectivity index (χ1v) is 9.77. The topological polar surface area (TPSA) is 96.9 Å². The summed E-state index contributed by atoms with van der Waals surface area (Å²) in [5.74, 6) is 1.07. The Balaban J connectivity index is 2.28. The van der Waals surface area contributed by atoms with E-state index < -0.39 is 0 Å². The van der Waals surface area contributed by atoms with Gasteiger partial charge < -0.3 is 9.47 Å². The first kappa shape index (κ1) is 22.4. The van der Waals surface area contributed by atoms with Crippen LogP contribution in [0.3, 0.4) is 0 Å². The first-order valence-electron chi connectivity index (χ1n) is 8.95. The number of benzene rings is 1. The van der Waals surface area contributed by atoms with Crippen molar-refractivity contribution in [2.24, 2.45) is 4.99 Å². The molecule has 8 nitrogen and oxygen atoms in total. The second-order valence-electron chi connectivity index (χ2n) is 7.12. The third-order valence-electron chi connectivity index (χ3n) is 3.51. The van der Waals surface area contributed by atoms with Gasteiger partial charge in [0.1, 0.15) is 11.5 Å². The molecule has 2 rings (SSSR count). The molecule has 1 aromatic carbocycles. The van der Waals surface area contributed by atoms with Gasteiger partial charge in [-0.25, -0.2) is 4.99 Å². The average Bonchev–Trinajstić information content (AvgIpc) is 2.69. The Morgan fingerprint density at radius 3 is 2.31 bits per heavy atom. The minimum Gasteiger partial charge on any atom is -0.494 e. The highest BCUT2D eigenvalue weighted by molar-refractivity contribution is 7.99. The van der Waals surface area contributed by atoms with Crippen molar-refractivity contribution in [3.63, 3.8) is 0 Å². The van der Waals surface area contributed by atoms with E-state index in [9.17, 15) is 4.79 Å². The molecule has 0 aliphatic carbocycles. The number of carbonyl (C=O) groups is 1. The third-order valence-corrected chi connectivity index (χ3v) is 4.42. The number of aryl methyl sites for hydroxylation is 1. The highest BCUT2D eigenvalue weighted by atomic mass is 32.2. The van der Waals surface area contributed by atoms with Gasteiger partial charge in [-0.3, -0.25) is 25.4 Å². The van der Waals surface area contributed by atoms with Gasteiger partial charge in [-0.1, -0.05) is 6.07 Å². The number of nitrogens with one attached hydrogen (secondary N) is 3. The lowest BCUT2D eigenvalue weighted by Crippen LogP contribution is -2.46. The average molecular weight is 418 g/mol. The van der Waals surface area contributed by atoms with Crippen molar-refractivity contribution in [2.75, 3.05) is 14.2 Å². The van der Waals surface area contributed by atoms with Crippen LogP contribution in [0.2, 0.25) is 0 Å². The molecule has 0 fully saturated rings. The molecule has 1 amide bonds. The van der Waals surface area contributed by atoms with E-state index in [1.54, 1.807) is 38.6 Å². The van der Waals surface area contributed by atoms with E-state index in [0.717, 1.165) is 5.56 Å². The van der Waals surface area contributed by atoms with E-state index in [0.29, 0.717) is 28.7 Å². The maximum Gasteiger partial charge on any atom is 0.271 e. The van der Waals surface area contributed by atoms with Crippen LogP contribution in [0.1, 0.15) is 36.7 Å². The molecule has 0 aliphatic heterocycles. The number of ether oxygens (including phenoxy) is 2. The van der Waals surface area contributed by atoms with Crippen LogP contribution in [-0.2, 0) is 0 Å². The van der Waals surface area contributed by atoms with Crippen molar-refractivity contribution < 1.29 is 14.3 Å². The fourth-order valence-electron chi connectivity index (χ4n) is 2.20. The smallest absolute Gasteiger partial charge is 0.271 e. The lowest BCUT2D eigenvalue weighted by atomic mass is 10.2. The van der Waals surface area contributed by atoms with Gasteiger partial charge in [0.25, 0.3) is 5.91 Å². The van der Waals surface area contributed by atoms with Crippen LogP contribution in [0.5, 0.6) is 11.5 Å². The first-order chi connectivity index (χ1) is 13.7. The molecule has 29 heavy (non-hydrogen) atoms. The molecule has 1 heterocycles. The summed E-state index contributed by atoms with van der Waals surface area (Å²) < 4.78 is 13.9. The number of hydrazine groups is 1. The number of rotatable bonds is 5. The maximum absolute atomic E-state index is 12.4. The Labute approximate surface area is 175 Å². The normalized spacial score (nSPS) is 11.6. The Kier molecular flexibility index (Phi) is 7.72. The molecule has 0 saturated carbocycles. The molecule has 0 spiro atoms. The summed E-state index contributed by atoms with van der Waals surface area (Å²) in [7, 11) is 3.12. The fourth-order valence-corrected chi connectivity index (χ4v) is 2.70. The Morgan fingerprint density at radius 1 is 1.10 bits per heavy atom. The summed E-state index contributed by atoms with van der Waals surface area (Å²) in [5.41, 5.74) is 7.31. The van der Waals surface area contributed by atoms with Crippen LogP contribution < -0.4 is 25.0 Å². The number of para-hydroxylation sites is 1. The van der Waals surface area contributed by atoms with Crippen LogP contribution in [0, 0.1) is 6.92 Å². The van der Waals surface area contributed by atoms with E-state index in [1.807, 2.05) is 13.0 Å². The molecule has 0 unspecified atom stereocenters. The molecule has 0 radical (unpaired) electrons. The molecule has 0 bridgehead atoms. The highest BCUT2D eigenvalue weighted by Crippen LogP contribution is 2.37. The van der Waals surface area contributed by atoms with Crippen LogP contribution >= 0.6 is 11.9 Å². The van der Waals surface area contributed by atoms with Gasteiger partial charge in [0.05, 0.1) is 19.8 Å². The van der Waals surface area contributed by atoms with Crippen molar-refractivity contribution in [3.05, 3.63) is 47.8 Å². The molecule has 2 aromatic rings. The molecule has 3 N–H and O–H groups in total. The second-order valence-corrected chi connectivity index (χ2v) is 8.75. The van der Waals surface area contributed by atoms with Crippen LogP contribution in [0.4, 0.5) is 5.69 Å². The number of aromatic nitrogens is 1. The molecular weight excluding hydrogens is 390 g/mol. The lowest BCUT2D eigenvalue weighted by Gasteiger charge is -2.20. The highest BCUT2D eigenvalue weighted by Gasteiger charge is 2.16. The van der Waals surface area contributed by atoms with E-state index in [1.165, 1.54) is 18.1 Å². The number of nitrogens with zero attached hydrogens (tertiary/aromatic N) is 2. The van der Waals surface area contributed by atoms with Crippen molar-refractivity contribution in [2.45, 2.75) is 32.4 Å². The minimum atomic E-state index is -0.330. The standard InChI is InChI=1S/C20H27N5O3S/c1-13-10-14(12-21-11-13)18(26)23-24-19(25-29-20(2,3)4)22-17-15(27-5)8-7-9-16(17)28-6/h7-12H,1-6H3,(H,23,26)(H2,22,24,25). The van der Waals surface area contributed by atoms with Gasteiger partial charge in [-0.05, 0) is 63.4 Å². The third kappa shape index (κ3) is 6.86. The number of carbonyl (C=O) groups excluding carboxylic acids is 1. The zero-order chi connectivity index (χ0) is 21.4. The molecule has 0 atom stereocenters. The zero-order valence-corrected chi connectivity index (χ0v) is 18.3. The molecule has 0 saturated heterocycles. The van der Waals surface area contributed by atoms with E-state index in [4.69, 9.17) is 9.47 Å². The van der Waals surface area contributed by atoms with E-state index >= 15 is 0 Å². The summed E-state index contributed by atoms with van der Waals surface area (Å²) in [6, 6.07) is 7.13. The summed E-state index contributed by atoms with van der Waals surface area (Å²) in [4.78, 5) is 21.1. The largest absolute Gasteiger partial charge is 0.494 e. The maximum atomic E-state index is 12.4. The fraction of sp³-hybridized carbons (Fsp3) is 0.350. The van der Waals surface area contributed by atoms with Crippen molar-refractivity contribution in [3.8, 4) is 11.5 Å². The molecule has 0 aliphatic rings. The quantitative estimate of drug-likeness (QED) is 0.297. The van der Waals surface area contributed by atoms with Crippen molar-refractivity contribution in [1.29, 1.82) is 0 Å². The Morgan fingerprint density at radius 2 is 1.76 bits per heavy atom. The Bertz CT molecular complexity index is 858. The van der Waals surface area contributed by atoms with Gasteiger partial charge in [0.15, 0.2) is 5.69 Å². The van der Waals surface area contributed by atoms with Crippen molar-refractivity contribution >= 4 is 29.5 Å². The van der Waals surface area contributed by atoms with Gasteiger partial charge in [0, 0.05) is 17.1 Å². The predicted octanol–water partition coefficient (Wildman–Crippen LogP) is 3.37. The van der Waals surface area contributed by atoms with Crippen molar-refractivity contribution in [1.82, 2.24) is 20.6 Å². The number of guanidine groups is 1. The minimum absolute atomic E-state index is 0.0855. The summed E-state index contributed by atoms with van der Waals surface area (Å²) in [6.45, 7) is 8.05. The SMILES string of the molecule is COc1cccc(OC)c1/N=C(/NNC(=O)c1cncc(C)c1)NSC(C)(C)C. The predicted molar refractivity (Wildman–Crippen MR) is 117 cm³/mol. The summed E-state index contributed by atoms with van der Waals surface area (Å²) in [5, 5.41) is 0. The summed E-state index contributed by atoms with van der Waals surface area (Å²) >= 11 is 1.45. The van der Waals surface area contributed by atoms with E-state index in [2.05, 4.69) is 46.3 Å². The molecule has 156 valence electrons. The number of hydrogen-bond donors (Lipinski definition) is 3. The van der Waals surface area contributed by atoms with Gasteiger partial charge >= 0.3 is 0 Å². The van der Waals surface area contributed by atoms with Gasteiger partial charge in [0.2, 0.25) is 5.96 Å². The van der Waals surface area contributed by atoms with E-state index in [-0.39, 0.29) is 10.7 Å². The molecule has 1 aromatic heterocycles. The van der Waals surface area contributed by atoms with Crippen LogP contribution in [-0.4, -0.2) is 35.8 Å². The number of pyridine rings is 1. The Hall–Kier alpha value is -2.94. The van der Waals surface area contributed by atoms with Gasteiger partial charge in [-0.2, -0.15) is 0 Å². The number of hydrogen-bond acceptors (Lipinski definition) is 6. The number of methoxy groups -OCH3 is 2. The monoisotopic (exact) mass is 417 g/mol. The molecular formula is C20H27N5O3S. The van der Waals surface area contributed by atoms with Gasteiger partial charge in [-0.15, -0.1) is 0 Å².